The van der Waals surface area contributed by atoms with Gasteiger partial charge in [0.1, 0.15) is 12.5 Å². The van der Waals surface area contributed by atoms with Crippen LogP contribution in [0.1, 0.15) is 23.6 Å². The maximum atomic E-state index is 11.9. The van der Waals surface area contributed by atoms with Gasteiger partial charge in [0.05, 0.1) is 18.8 Å². The van der Waals surface area contributed by atoms with Crippen LogP contribution >= 0.6 is 0 Å². The quantitative estimate of drug-likeness (QED) is 0.665. The molecule has 0 amide bonds. The van der Waals surface area contributed by atoms with Crippen LogP contribution in [0, 0.1) is 0 Å². The summed E-state index contributed by atoms with van der Waals surface area (Å²) in [7, 11) is 0. The Hall–Kier alpha value is -0.0836. The Morgan fingerprint density at radius 1 is 0.870 bits per heavy atom. The molecule has 5 heteroatoms. The molecule has 114 valence electrons. The van der Waals surface area contributed by atoms with Crippen molar-refractivity contribution in [3.63, 3.8) is 0 Å². The van der Waals surface area contributed by atoms with E-state index in [9.17, 15) is 5.11 Å². The SMILES string of the molecule is [K+].[O-]CC12CO[C@H](c3ccccc3)N1[C@H](c1ccccc1)OC2. The van der Waals surface area contributed by atoms with Crippen LogP contribution in [0.2, 0.25) is 0 Å². The summed E-state index contributed by atoms with van der Waals surface area (Å²) in [6, 6.07) is 20.1. The van der Waals surface area contributed by atoms with Gasteiger partial charge in [0.15, 0.2) is 0 Å². The van der Waals surface area contributed by atoms with Gasteiger partial charge >= 0.3 is 51.4 Å². The Morgan fingerprint density at radius 3 is 1.70 bits per heavy atom. The van der Waals surface area contributed by atoms with E-state index >= 15 is 0 Å². The van der Waals surface area contributed by atoms with E-state index in [1.165, 1.54) is 0 Å². The van der Waals surface area contributed by atoms with Gasteiger partial charge in [-0.15, -0.1) is 6.61 Å². The van der Waals surface area contributed by atoms with E-state index in [0.29, 0.717) is 13.2 Å². The molecule has 2 fully saturated rings. The topological polar surface area (TPSA) is 44.8 Å². The monoisotopic (exact) mass is 335 g/mol. The number of benzene rings is 2. The van der Waals surface area contributed by atoms with Crippen LogP contribution < -0.4 is 56.5 Å². The maximum absolute atomic E-state index is 11.9. The predicted molar refractivity (Wildman–Crippen MR) is 79.7 cm³/mol. The van der Waals surface area contributed by atoms with Crippen LogP contribution in [0.15, 0.2) is 60.7 Å². The van der Waals surface area contributed by atoms with Crippen molar-refractivity contribution in [3.05, 3.63) is 71.8 Å². The summed E-state index contributed by atoms with van der Waals surface area (Å²) < 4.78 is 12.0. The van der Waals surface area contributed by atoms with Crippen LogP contribution in [0.3, 0.4) is 0 Å². The summed E-state index contributed by atoms with van der Waals surface area (Å²) in [6.07, 6.45) is -0.467. The van der Waals surface area contributed by atoms with Crippen molar-refractivity contribution < 1.29 is 66.0 Å². The van der Waals surface area contributed by atoms with E-state index in [-0.39, 0.29) is 70.4 Å². The molecule has 0 aliphatic carbocycles. The van der Waals surface area contributed by atoms with E-state index in [1.54, 1.807) is 0 Å². The van der Waals surface area contributed by atoms with Crippen LogP contribution in [0.5, 0.6) is 0 Å². The second-order valence-corrected chi connectivity index (χ2v) is 5.92. The van der Waals surface area contributed by atoms with E-state index < -0.39 is 5.54 Å². The normalized spacial score (nSPS) is 30.0. The molecule has 2 saturated heterocycles. The first-order valence-electron chi connectivity index (χ1n) is 7.54. The average molecular weight is 335 g/mol. The Morgan fingerprint density at radius 2 is 1.30 bits per heavy atom. The molecule has 0 spiro atoms. The molecule has 2 aromatic carbocycles. The van der Waals surface area contributed by atoms with Crippen LogP contribution in [0.4, 0.5) is 0 Å². The van der Waals surface area contributed by atoms with Crippen molar-refractivity contribution in [2.45, 2.75) is 18.0 Å². The maximum Gasteiger partial charge on any atom is 1.00 e. The van der Waals surface area contributed by atoms with E-state index in [0.717, 1.165) is 11.1 Å². The largest absolute Gasteiger partial charge is 1.00 e. The summed E-state index contributed by atoms with van der Waals surface area (Å²) in [4.78, 5) is 2.12. The van der Waals surface area contributed by atoms with Crippen molar-refractivity contribution in [1.29, 1.82) is 0 Å². The number of hydrogen-bond acceptors (Lipinski definition) is 4. The Balaban J connectivity index is 0.00000156. The first-order valence-corrected chi connectivity index (χ1v) is 7.54. The van der Waals surface area contributed by atoms with Gasteiger partial charge < -0.3 is 14.6 Å². The second-order valence-electron chi connectivity index (χ2n) is 5.92. The van der Waals surface area contributed by atoms with Gasteiger partial charge in [-0.1, -0.05) is 60.7 Å². The fraction of sp³-hybridized carbons (Fsp3) is 0.333. The number of fused-ring (bicyclic) bond motifs is 1. The number of nitrogens with zero attached hydrogens (tertiary/aromatic N) is 1. The summed E-state index contributed by atoms with van der Waals surface area (Å²) in [5, 5.41) is 11.9. The molecule has 23 heavy (non-hydrogen) atoms. The van der Waals surface area contributed by atoms with Crippen molar-refractivity contribution in [1.82, 2.24) is 4.90 Å². The third-order valence-corrected chi connectivity index (χ3v) is 4.51. The van der Waals surface area contributed by atoms with E-state index in [1.807, 2.05) is 60.7 Å². The van der Waals surface area contributed by atoms with Gasteiger partial charge in [-0.2, -0.15) is 0 Å². The fourth-order valence-corrected chi connectivity index (χ4v) is 3.35. The van der Waals surface area contributed by atoms with Gasteiger partial charge in [-0.05, 0) is 11.1 Å². The minimum Gasteiger partial charge on any atom is -0.853 e. The standard InChI is InChI=1S/C18H18NO3.K/c20-11-18-12-21-16(14-7-3-1-4-8-14)19(18)17(22-13-18)15-9-5-2-6-10-15;/h1-10,16-17H,11-13H2;/q-1;+1/t16-,17+,18?;. The Labute approximate surface area is 178 Å². The van der Waals surface area contributed by atoms with E-state index in [4.69, 9.17) is 9.47 Å². The molecule has 4 nitrogen and oxygen atoms in total. The van der Waals surface area contributed by atoms with Gasteiger partial charge in [-0.3, -0.25) is 0 Å². The fourth-order valence-electron chi connectivity index (χ4n) is 3.35. The van der Waals surface area contributed by atoms with Crippen molar-refractivity contribution in [3.8, 4) is 0 Å². The number of rotatable bonds is 3. The first-order chi connectivity index (χ1) is 10.8. The molecular weight excluding hydrogens is 317 g/mol. The number of ether oxygens (including phenoxy) is 2. The van der Waals surface area contributed by atoms with Crippen molar-refractivity contribution in [2.24, 2.45) is 0 Å². The molecule has 2 aliphatic rings. The minimum atomic E-state index is -0.568. The molecule has 2 aromatic rings. The molecule has 0 saturated carbocycles. The zero-order valence-corrected chi connectivity index (χ0v) is 16.3. The minimum absolute atomic E-state index is 0. The number of hydrogen-bond donors (Lipinski definition) is 0. The zero-order chi connectivity index (χ0) is 15.0. The third kappa shape index (κ3) is 3.10. The molecule has 0 N–H and O–H groups in total. The summed E-state index contributed by atoms with van der Waals surface area (Å²) in [6.45, 7) is 0.610. The Kier molecular flexibility index (Phi) is 5.73. The molecule has 0 bridgehead atoms. The van der Waals surface area contributed by atoms with Gasteiger partial charge in [0, 0.05) is 0 Å². The van der Waals surface area contributed by atoms with Crippen molar-refractivity contribution in [2.75, 3.05) is 19.8 Å². The smallest absolute Gasteiger partial charge is 0.853 e. The van der Waals surface area contributed by atoms with Crippen LogP contribution in [-0.2, 0) is 9.47 Å². The molecule has 3 atom stereocenters. The van der Waals surface area contributed by atoms with Crippen molar-refractivity contribution >= 4 is 0 Å². The predicted octanol–water partition coefficient (Wildman–Crippen LogP) is -1.15. The molecular formula is C18H18KNO3. The first kappa shape index (κ1) is 17.7. The van der Waals surface area contributed by atoms with Crippen LogP contribution in [-0.4, -0.2) is 30.3 Å². The average Bonchev–Trinajstić information content (AvgIpc) is 3.14. The van der Waals surface area contributed by atoms with Crippen LogP contribution in [0.25, 0.3) is 0 Å². The molecule has 1 unspecified atom stereocenters. The third-order valence-electron chi connectivity index (χ3n) is 4.51. The summed E-state index contributed by atoms with van der Waals surface area (Å²) in [5.41, 5.74) is 1.55. The molecule has 4 rings (SSSR count). The van der Waals surface area contributed by atoms with Gasteiger partial charge in [0.25, 0.3) is 0 Å². The van der Waals surface area contributed by atoms with E-state index in [2.05, 4.69) is 4.90 Å². The second kappa shape index (κ2) is 7.43. The molecule has 2 heterocycles. The molecule has 0 aromatic heterocycles. The van der Waals surface area contributed by atoms with Gasteiger partial charge in [-0.25, -0.2) is 4.90 Å². The summed E-state index contributed by atoms with van der Waals surface area (Å²) >= 11 is 0. The zero-order valence-electron chi connectivity index (χ0n) is 13.2. The van der Waals surface area contributed by atoms with Gasteiger partial charge in [0.2, 0.25) is 0 Å². The molecule has 2 aliphatic heterocycles. The summed E-state index contributed by atoms with van der Waals surface area (Å²) in [5.74, 6) is 0. The molecule has 0 radical (unpaired) electrons. The Bertz CT molecular complexity index is 586.